The number of hydrogen-bond donors (Lipinski definition) is 0. The Hall–Kier alpha value is -0.613. The van der Waals surface area contributed by atoms with Gasteiger partial charge in [0.15, 0.2) is 0 Å². The molecule has 2 nitrogen and oxygen atoms in total. The van der Waals surface area contributed by atoms with E-state index in [1.165, 1.54) is 0 Å². The third kappa shape index (κ3) is 3.63. The molecule has 0 atom stereocenters. The van der Waals surface area contributed by atoms with Gasteiger partial charge in [-0.15, -0.1) is 0 Å². The van der Waals surface area contributed by atoms with Gasteiger partial charge in [-0.25, -0.2) is 0 Å². The molecule has 1 aromatic rings. The number of benzene rings is 1. The van der Waals surface area contributed by atoms with E-state index in [1.807, 2.05) is 6.07 Å². The number of aldehydes is 1. The van der Waals surface area contributed by atoms with Crippen molar-refractivity contribution in [3.63, 3.8) is 0 Å². The van der Waals surface area contributed by atoms with Gasteiger partial charge in [0.1, 0.15) is 12.0 Å². The Balaban J connectivity index is 2.98. The van der Waals surface area contributed by atoms with Crippen LogP contribution in [0.4, 0.5) is 0 Å². The molecule has 4 heteroatoms. The van der Waals surface area contributed by atoms with Gasteiger partial charge in [-0.1, -0.05) is 15.9 Å². The van der Waals surface area contributed by atoms with Crippen LogP contribution in [0.1, 0.15) is 10.4 Å². The third-order valence-corrected chi connectivity index (χ3v) is 2.76. The Labute approximate surface area is 93.5 Å². The summed E-state index contributed by atoms with van der Waals surface area (Å²) in [7, 11) is -1.59. The van der Waals surface area contributed by atoms with Crippen LogP contribution >= 0.6 is 15.9 Å². The normalized spacial score (nSPS) is 11.1. The average Bonchev–Trinajstić information content (AvgIpc) is 1.99. The maximum Gasteiger partial charge on any atom is 0.242 e. The van der Waals surface area contributed by atoms with E-state index >= 15 is 0 Å². The van der Waals surface area contributed by atoms with Crippen molar-refractivity contribution in [2.75, 3.05) is 0 Å². The van der Waals surface area contributed by atoms with Crippen LogP contribution in [0, 0.1) is 0 Å². The van der Waals surface area contributed by atoms with Gasteiger partial charge in [-0.2, -0.15) is 0 Å². The lowest BCUT2D eigenvalue weighted by Crippen LogP contribution is -2.29. The molecule has 0 aliphatic heterocycles. The predicted octanol–water partition coefficient (Wildman–Crippen LogP) is 3.48. The largest absolute Gasteiger partial charge is 0.544 e. The van der Waals surface area contributed by atoms with Crippen molar-refractivity contribution in [1.29, 1.82) is 0 Å². The van der Waals surface area contributed by atoms with E-state index in [-0.39, 0.29) is 0 Å². The number of carbonyl (C=O) groups is 1. The molecule has 0 bridgehead atoms. The quantitative estimate of drug-likeness (QED) is 0.622. The van der Waals surface area contributed by atoms with E-state index < -0.39 is 8.32 Å². The molecular formula is C10H13BrO2Si. The number of rotatable bonds is 3. The highest BCUT2D eigenvalue weighted by atomic mass is 79.9. The van der Waals surface area contributed by atoms with Crippen LogP contribution in [0.15, 0.2) is 22.7 Å². The van der Waals surface area contributed by atoms with E-state index in [0.717, 1.165) is 16.5 Å². The van der Waals surface area contributed by atoms with Gasteiger partial charge < -0.3 is 4.43 Å². The van der Waals surface area contributed by atoms with Crippen LogP contribution in [-0.4, -0.2) is 14.6 Å². The van der Waals surface area contributed by atoms with Gasteiger partial charge in [-0.05, 0) is 37.8 Å². The predicted molar refractivity (Wildman–Crippen MR) is 63.5 cm³/mol. The molecule has 0 spiro atoms. The monoisotopic (exact) mass is 272 g/mol. The first-order chi connectivity index (χ1) is 6.40. The van der Waals surface area contributed by atoms with Crippen molar-refractivity contribution in [3.8, 4) is 5.75 Å². The zero-order valence-corrected chi connectivity index (χ0v) is 11.1. The molecular weight excluding hydrogens is 260 g/mol. The SMILES string of the molecule is C[Si](C)(C)Oc1cc(Br)cc(C=O)c1. The zero-order valence-electron chi connectivity index (χ0n) is 8.50. The second-order valence-electron chi connectivity index (χ2n) is 4.05. The van der Waals surface area contributed by atoms with Crippen LogP contribution in [0.3, 0.4) is 0 Å². The summed E-state index contributed by atoms with van der Waals surface area (Å²) in [5.41, 5.74) is 0.632. The van der Waals surface area contributed by atoms with Crippen LogP contribution < -0.4 is 4.43 Å². The Morgan fingerprint density at radius 3 is 2.43 bits per heavy atom. The van der Waals surface area contributed by atoms with Crippen molar-refractivity contribution in [3.05, 3.63) is 28.2 Å². The van der Waals surface area contributed by atoms with Crippen LogP contribution in [-0.2, 0) is 0 Å². The second-order valence-corrected chi connectivity index (χ2v) is 9.40. The Morgan fingerprint density at radius 2 is 1.93 bits per heavy atom. The molecule has 1 rings (SSSR count). The van der Waals surface area contributed by atoms with Crippen molar-refractivity contribution in [2.45, 2.75) is 19.6 Å². The van der Waals surface area contributed by atoms with E-state index in [2.05, 4.69) is 35.6 Å². The minimum atomic E-state index is -1.59. The highest BCUT2D eigenvalue weighted by Gasteiger charge is 2.16. The van der Waals surface area contributed by atoms with Gasteiger partial charge >= 0.3 is 0 Å². The molecule has 0 amide bonds. The Bertz CT molecular complexity index is 344. The number of halogens is 1. The molecule has 0 fully saturated rings. The van der Waals surface area contributed by atoms with Crippen molar-refractivity contribution >= 4 is 30.5 Å². The third-order valence-electron chi connectivity index (χ3n) is 1.45. The van der Waals surface area contributed by atoms with Crippen molar-refractivity contribution in [1.82, 2.24) is 0 Å². The van der Waals surface area contributed by atoms with Gasteiger partial charge in [0.05, 0.1) is 0 Å². The lowest BCUT2D eigenvalue weighted by Gasteiger charge is -2.19. The summed E-state index contributed by atoms with van der Waals surface area (Å²) in [5.74, 6) is 0.764. The van der Waals surface area contributed by atoms with Gasteiger partial charge in [0, 0.05) is 10.0 Å². The fourth-order valence-electron chi connectivity index (χ4n) is 1.06. The lowest BCUT2D eigenvalue weighted by atomic mass is 10.2. The van der Waals surface area contributed by atoms with Crippen LogP contribution in [0.5, 0.6) is 5.75 Å². The fourth-order valence-corrected chi connectivity index (χ4v) is 2.38. The molecule has 0 saturated carbocycles. The number of hydrogen-bond acceptors (Lipinski definition) is 2. The summed E-state index contributed by atoms with van der Waals surface area (Å²) in [4.78, 5) is 10.6. The molecule has 0 radical (unpaired) electrons. The summed E-state index contributed by atoms with van der Waals surface area (Å²) >= 11 is 3.34. The van der Waals surface area contributed by atoms with Gasteiger partial charge in [-0.3, -0.25) is 4.79 Å². The standard InChI is InChI=1S/C10H13BrO2Si/c1-14(2,3)13-10-5-8(7-12)4-9(11)6-10/h4-7H,1-3H3. The summed E-state index contributed by atoms with van der Waals surface area (Å²) in [5, 5.41) is 0. The number of carbonyl (C=O) groups excluding carboxylic acids is 1. The molecule has 0 aromatic heterocycles. The van der Waals surface area contributed by atoms with Gasteiger partial charge in [0.2, 0.25) is 8.32 Å². The van der Waals surface area contributed by atoms with E-state index in [1.54, 1.807) is 12.1 Å². The molecule has 0 aliphatic carbocycles. The molecule has 0 N–H and O–H groups in total. The molecule has 0 heterocycles. The maximum absolute atomic E-state index is 10.6. The highest BCUT2D eigenvalue weighted by Crippen LogP contribution is 2.23. The minimum absolute atomic E-state index is 0.632. The van der Waals surface area contributed by atoms with E-state index in [4.69, 9.17) is 4.43 Å². The molecule has 76 valence electrons. The molecule has 1 aromatic carbocycles. The Morgan fingerprint density at radius 1 is 1.29 bits per heavy atom. The summed E-state index contributed by atoms with van der Waals surface area (Å²) in [6.45, 7) is 6.32. The van der Waals surface area contributed by atoms with E-state index in [9.17, 15) is 4.79 Å². The topological polar surface area (TPSA) is 26.3 Å². The summed E-state index contributed by atoms with van der Waals surface area (Å²) in [6.07, 6.45) is 0.821. The van der Waals surface area contributed by atoms with Gasteiger partial charge in [0.25, 0.3) is 0 Å². The zero-order chi connectivity index (χ0) is 10.8. The Kier molecular flexibility index (Phi) is 3.50. The lowest BCUT2D eigenvalue weighted by molar-refractivity contribution is 0.112. The van der Waals surface area contributed by atoms with Crippen LogP contribution in [0.25, 0.3) is 0 Å². The first-order valence-corrected chi connectivity index (χ1v) is 8.55. The maximum atomic E-state index is 10.6. The van der Waals surface area contributed by atoms with Crippen LogP contribution in [0.2, 0.25) is 19.6 Å². The minimum Gasteiger partial charge on any atom is -0.544 e. The molecule has 14 heavy (non-hydrogen) atoms. The molecule has 0 aliphatic rings. The summed E-state index contributed by atoms with van der Waals surface area (Å²) < 4.78 is 6.65. The first-order valence-electron chi connectivity index (χ1n) is 4.35. The van der Waals surface area contributed by atoms with E-state index in [0.29, 0.717) is 5.56 Å². The first kappa shape index (κ1) is 11.5. The van der Waals surface area contributed by atoms with Crippen molar-refractivity contribution in [2.24, 2.45) is 0 Å². The molecule has 0 saturated heterocycles. The average molecular weight is 273 g/mol. The van der Waals surface area contributed by atoms with Crippen molar-refractivity contribution < 1.29 is 9.22 Å². The highest BCUT2D eigenvalue weighted by molar-refractivity contribution is 9.10. The molecule has 0 unspecified atom stereocenters. The fraction of sp³-hybridized carbons (Fsp3) is 0.300. The second kappa shape index (κ2) is 4.27. The smallest absolute Gasteiger partial charge is 0.242 e. The summed E-state index contributed by atoms with van der Waals surface area (Å²) in [6, 6.07) is 5.41.